The van der Waals surface area contributed by atoms with Crippen molar-refractivity contribution in [2.75, 3.05) is 0 Å². The molecule has 7 nitrogen and oxygen atoms in total. The highest BCUT2D eigenvalue weighted by Gasteiger charge is 2.17. The van der Waals surface area contributed by atoms with Crippen LogP contribution in [0.3, 0.4) is 0 Å². The molecule has 0 radical (unpaired) electrons. The molecular weight excluding hydrogens is 302 g/mol. The van der Waals surface area contributed by atoms with E-state index in [1.54, 1.807) is 17.0 Å². The summed E-state index contributed by atoms with van der Waals surface area (Å²) in [5.41, 5.74) is 0.594. The lowest BCUT2D eigenvalue weighted by Gasteiger charge is -1.99. The highest BCUT2D eigenvalue weighted by molar-refractivity contribution is 7.90. The standard InChI is InChI=1S/C11H11N3O4S2/c1-8-7-19-11(13(8)2)12-20(17,18)10-5-3-4-9(6-10)14(15)16/h3-7H,1-2H3/b12-11+. The smallest absolute Gasteiger partial charge is 0.285 e. The molecule has 1 aromatic carbocycles. The van der Waals surface area contributed by atoms with Crippen molar-refractivity contribution >= 4 is 27.0 Å². The lowest BCUT2D eigenvalue weighted by molar-refractivity contribution is -0.385. The largest absolute Gasteiger partial charge is 0.324 e. The van der Waals surface area contributed by atoms with Crippen molar-refractivity contribution in [3.63, 3.8) is 0 Å². The van der Waals surface area contributed by atoms with E-state index in [9.17, 15) is 18.5 Å². The summed E-state index contributed by atoms with van der Waals surface area (Å²) >= 11 is 1.19. The number of sulfonamides is 1. The van der Waals surface area contributed by atoms with Crippen molar-refractivity contribution in [2.24, 2.45) is 11.4 Å². The predicted octanol–water partition coefficient (Wildman–Crippen LogP) is 1.59. The number of nitro groups is 1. The molecule has 2 rings (SSSR count). The fraction of sp³-hybridized carbons (Fsp3) is 0.182. The maximum absolute atomic E-state index is 12.1. The highest BCUT2D eigenvalue weighted by Crippen LogP contribution is 2.18. The summed E-state index contributed by atoms with van der Waals surface area (Å²) in [5.74, 6) is 0. The van der Waals surface area contributed by atoms with Gasteiger partial charge in [0.05, 0.1) is 9.82 Å². The van der Waals surface area contributed by atoms with Gasteiger partial charge in [0.1, 0.15) is 0 Å². The number of non-ortho nitro benzene ring substituents is 1. The van der Waals surface area contributed by atoms with Gasteiger partial charge in [-0.15, -0.1) is 15.7 Å². The van der Waals surface area contributed by atoms with Crippen molar-refractivity contribution in [3.8, 4) is 0 Å². The normalized spacial score (nSPS) is 12.6. The lowest BCUT2D eigenvalue weighted by Crippen LogP contribution is -2.14. The van der Waals surface area contributed by atoms with Crippen LogP contribution in [0, 0.1) is 17.0 Å². The van der Waals surface area contributed by atoms with E-state index in [0.717, 1.165) is 11.8 Å². The Hall–Kier alpha value is -2.00. The van der Waals surface area contributed by atoms with E-state index in [1.807, 2.05) is 6.92 Å². The zero-order valence-corrected chi connectivity index (χ0v) is 12.3. The zero-order valence-electron chi connectivity index (χ0n) is 10.7. The summed E-state index contributed by atoms with van der Waals surface area (Å²) in [4.78, 5) is 10.1. The van der Waals surface area contributed by atoms with Crippen molar-refractivity contribution in [2.45, 2.75) is 11.8 Å². The summed E-state index contributed by atoms with van der Waals surface area (Å²) in [6.07, 6.45) is 0. The molecule has 2 aromatic rings. The van der Waals surface area contributed by atoms with Crippen LogP contribution in [0.4, 0.5) is 5.69 Å². The molecule has 0 saturated carbocycles. The van der Waals surface area contributed by atoms with Gasteiger partial charge in [0.2, 0.25) is 4.80 Å². The van der Waals surface area contributed by atoms with E-state index in [2.05, 4.69) is 4.40 Å². The number of aryl methyl sites for hydroxylation is 1. The Morgan fingerprint density at radius 2 is 2.10 bits per heavy atom. The summed E-state index contributed by atoms with van der Waals surface area (Å²) in [5, 5.41) is 12.5. The second kappa shape index (κ2) is 5.17. The van der Waals surface area contributed by atoms with Crippen LogP contribution >= 0.6 is 11.3 Å². The second-order valence-corrected chi connectivity index (χ2v) is 6.48. The van der Waals surface area contributed by atoms with Crippen molar-refractivity contribution in [3.05, 3.63) is 50.3 Å². The van der Waals surface area contributed by atoms with Crippen LogP contribution in [0.5, 0.6) is 0 Å². The first-order chi connectivity index (χ1) is 9.31. The van der Waals surface area contributed by atoms with E-state index in [0.29, 0.717) is 4.80 Å². The third-order valence-electron chi connectivity index (χ3n) is 2.68. The number of nitrogens with zero attached hydrogens (tertiary/aromatic N) is 3. The Kier molecular flexibility index (Phi) is 3.73. The Morgan fingerprint density at radius 3 is 2.65 bits per heavy atom. The van der Waals surface area contributed by atoms with Crippen LogP contribution in [0.15, 0.2) is 38.9 Å². The molecule has 9 heteroatoms. The molecule has 0 atom stereocenters. The first-order valence-electron chi connectivity index (χ1n) is 5.48. The molecule has 0 fully saturated rings. The van der Waals surface area contributed by atoms with Crippen LogP contribution < -0.4 is 4.80 Å². The van der Waals surface area contributed by atoms with Crippen LogP contribution in [0.25, 0.3) is 0 Å². The Balaban J connectivity index is 2.57. The van der Waals surface area contributed by atoms with Crippen molar-refractivity contribution < 1.29 is 13.3 Å². The number of nitro benzene ring substituents is 1. The fourth-order valence-electron chi connectivity index (χ4n) is 1.44. The van der Waals surface area contributed by atoms with E-state index in [-0.39, 0.29) is 10.6 Å². The van der Waals surface area contributed by atoms with E-state index < -0.39 is 14.9 Å². The molecule has 0 spiro atoms. The van der Waals surface area contributed by atoms with Crippen LogP contribution in [0.1, 0.15) is 5.69 Å². The molecular formula is C11H11N3O4S2. The maximum atomic E-state index is 12.1. The molecule has 0 saturated heterocycles. The minimum atomic E-state index is -3.97. The Morgan fingerprint density at radius 1 is 1.40 bits per heavy atom. The third kappa shape index (κ3) is 2.78. The minimum Gasteiger partial charge on any atom is -0.324 e. The van der Waals surface area contributed by atoms with Gasteiger partial charge >= 0.3 is 0 Å². The number of rotatable bonds is 3. The first kappa shape index (κ1) is 14.4. The molecule has 0 aliphatic rings. The summed E-state index contributed by atoms with van der Waals surface area (Å²) in [6.45, 7) is 1.83. The van der Waals surface area contributed by atoms with Gasteiger partial charge in [0.15, 0.2) is 0 Å². The number of hydrogen-bond donors (Lipinski definition) is 0. The molecule has 0 amide bonds. The van der Waals surface area contributed by atoms with E-state index in [1.165, 1.54) is 29.5 Å². The molecule has 20 heavy (non-hydrogen) atoms. The second-order valence-electron chi connectivity index (χ2n) is 4.04. The van der Waals surface area contributed by atoms with Gasteiger partial charge in [-0.05, 0) is 13.0 Å². The number of hydrogen-bond acceptors (Lipinski definition) is 5. The van der Waals surface area contributed by atoms with E-state index >= 15 is 0 Å². The molecule has 1 heterocycles. The van der Waals surface area contributed by atoms with Gasteiger partial charge in [-0.3, -0.25) is 10.1 Å². The SMILES string of the molecule is Cc1cs/c(=N/S(=O)(=O)c2cccc([N+](=O)[O-])c2)n1C. The predicted molar refractivity (Wildman–Crippen MR) is 73.9 cm³/mol. The van der Waals surface area contributed by atoms with Gasteiger partial charge in [0.25, 0.3) is 15.7 Å². The van der Waals surface area contributed by atoms with Crippen LogP contribution in [-0.2, 0) is 17.1 Å². The molecule has 0 aliphatic heterocycles. The van der Waals surface area contributed by atoms with Gasteiger partial charge in [-0.25, -0.2) is 0 Å². The number of benzene rings is 1. The van der Waals surface area contributed by atoms with Gasteiger partial charge in [-0.1, -0.05) is 6.07 Å². The summed E-state index contributed by atoms with van der Waals surface area (Å²) in [6, 6.07) is 4.83. The molecule has 0 N–H and O–H groups in total. The minimum absolute atomic E-state index is 0.197. The number of thiazole rings is 1. The first-order valence-corrected chi connectivity index (χ1v) is 7.80. The van der Waals surface area contributed by atoms with Crippen LogP contribution in [0.2, 0.25) is 0 Å². The highest BCUT2D eigenvalue weighted by atomic mass is 32.2. The molecule has 0 unspecified atom stereocenters. The van der Waals surface area contributed by atoms with E-state index in [4.69, 9.17) is 0 Å². The number of aromatic nitrogens is 1. The van der Waals surface area contributed by atoms with Gasteiger partial charge in [0, 0.05) is 30.3 Å². The maximum Gasteiger partial charge on any atom is 0.285 e. The fourth-order valence-corrected chi connectivity index (χ4v) is 3.60. The monoisotopic (exact) mass is 313 g/mol. The molecule has 106 valence electrons. The Bertz CT molecular complexity index is 833. The molecule has 0 aliphatic carbocycles. The average molecular weight is 313 g/mol. The van der Waals surface area contributed by atoms with Gasteiger partial charge in [-0.2, -0.15) is 8.42 Å². The van der Waals surface area contributed by atoms with Crippen molar-refractivity contribution in [1.82, 2.24) is 4.57 Å². The average Bonchev–Trinajstić information content (AvgIpc) is 2.70. The molecule has 0 bridgehead atoms. The van der Waals surface area contributed by atoms with Crippen LogP contribution in [-0.4, -0.2) is 17.9 Å². The topological polar surface area (TPSA) is 94.6 Å². The third-order valence-corrected chi connectivity index (χ3v) is 5.09. The lowest BCUT2D eigenvalue weighted by atomic mass is 10.3. The van der Waals surface area contributed by atoms with Crippen molar-refractivity contribution in [1.29, 1.82) is 0 Å². The Labute approximate surface area is 119 Å². The summed E-state index contributed by atoms with van der Waals surface area (Å²) in [7, 11) is -2.27. The zero-order chi connectivity index (χ0) is 14.9. The van der Waals surface area contributed by atoms with Gasteiger partial charge < -0.3 is 4.57 Å². The molecule has 1 aromatic heterocycles. The quantitative estimate of drug-likeness (QED) is 0.635. The summed E-state index contributed by atoms with van der Waals surface area (Å²) < 4.78 is 29.6.